The monoisotopic (exact) mass is 471 g/mol. The van der Waals surface area contributed by atoms with Crippen molar-refractivity contribution in [3.63, 3.8) is 0 Å². The summed E-state index contributed by atoms with van der Waals surface area (Å²) in [7, 11) is 1.46. The number of ether oxygens (including phenoxy) is 1. The largest absolute Gasteiger partial charge is 0.503 e. The molecule has 0 radical (unpaired) electrons. The van der Waals surface area contributed by atoms with E-state index in [1.807, 2.05) is 6.92 Å². The number of furan rings is 1. The first-order valence-corrected chi connectivity index (χ1v) is 11.0. The van der Waals surface area contributed by atoms with E-state index >= 15 is 0 Å². The number of Topliss-reactive ketones (excluding diaryl/α,β-unsaturated/α-hetero) is 1. The number of aliphatic hydroxyl groups is 1. The topological polar surface area (TPSA) is 80.0 Å². The Bertz CT molecular complexity index is 1250. The molecule has 2 aromatic carbocycles. The molecular weight excluding hydrogens is 449 g/mol. The van der Waals surface area contributed by atoms with Gasteiger partial charge in [-0.05, 0) is 36.2 Å². The van der Waals surface area contributed by atoms with Crippen molar-refractivity contribution in [3.05, 3.63) is 76.0 Å². The van der Waals surface area contributed by atoms with Gasteiger partial charge in [-0.15, -0.1) is 0 Å². The van der Waals surface area contributed by atoms with Gasteiger partial charge in [0.25, 0.3) is 5.91 Å². The Balaban J connectivity index is 1.79. The number of benzene rings is 2. The molecule has 1 aromatic heterocycles. The average molecular weight is 472 g/mol. The Hall–Kier alpha value is -3.32. The Kier molecular flexibility index (Phi) is 6.42. The molecule has 0 aliphatic carbocycles. The molecular formula is C25H23ClFNO5. The minimum atomic E-state index is -0.860. The van der Waals surface area contributed by atoms with Crippen LogP contribution in [0.1, 0.15) is 48.3 Å². The molecule has 1 unspecified atom stereocenters. The summed E-state index contributed by atoms with van der Waals surface area (Å²) in [6.07, 6.45) is 2.53. The minimum Gasteiger partial charge on any atom is -0.503 e. The number of hydrogen-bond donors (Lipinski definition) is 1. The van der Waals surface area contributed by atoms with Crippen LogP contribution >= 0.6 is 11.6 Å². The molecule has 1 aliphatic rings. The lowest BCUT2D eigenvalue weighted by Crippen LogP contribution is -2.32. The van der Waals surface area contributed by atoms with Gasteiger partial charge in [0, 0.05) is 23.0 Å². The summed E-state index contributed by atoms with van der Waals surface area (Å²) in [6.45, 7) is 2.38. The minimum absolute atomic E-state index is 0.0672. The van der Waals surface area contributed by atoms with E-state index in [1.54, 1.807) is 12.1 Å². The lowest BCUT2D eigenvalue weighted by molar-refractivity contribution is -0.129. The Morgan fingerprint density at radius 2 is 1.94 bits per heavy atom. The SMILES string of the molecule is CCCCCN1C(=O)C(O)=C(C(=O)c2cc3cc(Cl)cc(OC)c3o2)C1c1ccc(F)cc1. The van der Waals surface area contributed by atoms with Crippen LogP contribution in [0.25, 0.3) is 11.0 Å². The third-order valence-electron chi connectivity index (χ3n) is 5.73. The first-order valence-electron chi connectivity index (χ1n) is 10.7. The molecule has 2 heterocycles. The standard InChI is InChI=1S/C25H23ClFNO5/c1-3-4-5-10-28-21(14-6-8-17(27)9-7-14)20(23(30)25(28)31)22(29)18-12-15-11-16(26)13-19(32-2)24(15)33-18/h6-9,11-13,21,30H,3-5,10H2,1-2H3. The van der Waals surface area contributed by atoms with Crippen LogP contribution in [0.15, 0.2) is 58.2 Å². The van der Waals surface area contributed by atoms with Crippen LogP contribution in [-0.2, 0) is 4.79 Å². The molecule has 33 heavy (non-hydrogen) atoms. The fourth-order valence-corrected chi connectivity index (χ4v) is 4.34. The summed E-state index contributed by atoms with van der Waals surface area (Å²) >= 11 is 6.12. The lowest BCUT2D eigenvalue weighted by atomic mass is 9.95. The molecule has 3 aromatic rings. The van der Waals surface area contributed by atoms with Crippen molar-refractivity contribution in [2.75, 3.05) is 13.7 Å². The predicted molar refractivity (Wildman–Crippen MR) is 122 cm³/mol. The van der Waals surface area contributed by atoms with Gasteiger partial charge in [0.05, 0.1) is 18.7 Å². The van der Waals surface area contributed by atoms with Gasteiger partial charge >= 0.3 is 0 Å². The molecule has 1 N–H and O–H groups in total. The molecule has 1 atom stereocenters. The normalized spacial score (nSPS) is 16.2. The Morgan fingerprint density at radius 1 is 1.21 bits per heavy atom. The average Bonchev–Trinajstić information content (AvgIpc) is 3.33. The summed E-state index contributed by atoms with van der Waals surface area (Å²) in [5.41, 5.74) is 0.741. The van der Waals surface area contributed by atoms with Gasteiger partial charge < -0.3 is 19.2 Å². The van der Waals surface area contributed by atoms with E-state index in [0.29, 0.717) is 40.3 Å². The van der Waals surface area contributed by atoms with E-state index < -0.39 is 29.3 Å². The maximum absolute atomic E-state index is 13.6. The maximum Gasteiger partial charge on any atom is 0.290 e. The zero-order valence-corrected chi connectivity index (χ0v) is 19.0. The van der Waals surface area contributed by atoms with Crippen LogP contribution in [-0.4, -0.2) is 35.4 Å². The quantitative estimate of drug-likeness (QED) is 0.322. The zero-order chi connectivity index (χ0) is 23.7. The van der Waals surface area contributed by atoms with E-state index in [0.717, 1.165) is 12.8 Å². The van der Waals surface area contributed by atoms with Crippen molar-refractivity contribution in [2.45, 2.75) is 32.2 Å². The highest BCUT2D eigenvalue weighted by Gasteiger charge is 2.44. The first kappa shape index (κ1) is 22.9. The second kappa shape index (κ2) is 9.27. The van der Waals surface area contributed by atoms with Gasteiger partial charge in [-0.3, -0.25) is 9.59 Å². The fourth-order valence-electron chi connectivity index (χ4n) is 4.12. The van der Waals surface area contributed by atoms with Gasteiger partial charge in [0.2, 0.25) is 5.78 Å². The number of amides is 1. The molecule has 0 saturated heterocycles. The predicted octanol–water partition coefficient (Wildman–Crippen LogP) is 6.00. The van der Waals surface area contributed by atoms with Crippen LogP contribution in [0.2, 0.25) is 5.02 Å². The zero-order valence-electron chi connectivity index (χ0n) is 18.2. The number of carbonyl (C=O) groups excluding carboxylic acids is 2. The molecule has 0 fully saturated rings. The second-order valence-corrected chi connectivity index (χ2v) is 8.32. The van der Waals surface area contributed by atoms with Crippen LogP contribution in [0.3, 0.4) is 0 Å². The number of ketones is 1. The number of unbranched alkanes of at least 4 members (excludes halogenated alkanes) is 2. The summed E-state index contributed by atoms with van der Waals surface area (Å²) in [6, 6.07) is 9.36. The second-order valence-electron chi connectivity index (χ2n) is 7.89. The summed E-state index contributed by atoms with van der Waals surface area (Å²) in [5.74, 6) is -2.06. The molecule has 6 nitrogen and oxygen atoms in total. The van der Waals surface area contributed by atoms with E-state index in [-0.39, 0.29) is 11.3 Å². The number of fused-ring (bicyclic) bond motifs is 1. The molecule has 0 spiro atoms. The van der Waals surface area contributed by atoms with Crippen molar-refractivity contribution >= 4 is 34.3 Å². The van der Waals surface area contributed by atoms with Gasteiger partial charge in [0.1, 0.15) is 5.82 Å². The molecule has 172 valence electrons. The number of hydrogen-bond acceptors (Lipinski definition) is 5. The number of rotatable bonds is 8. The highest BCUT2D eigenvalue weighted by atomic mass is 35.5. The molecule has 1 amide bonds. The fraction of sp³-hybridized carbons (Fsp3) is 0.280. The molecule has 4 rings (SSSR count). The number of carbonyl (C=O) groups is 2. The number of aliphatic hydroxyl groups excluding tert-OH is 1. The number of halogens is 2. The number of nitrogens with zero attached hydrogens (tertiary/aromatic N) is 1. The molecule has 1 aliphatic heterocycles. The van der Waals surface area contributed by atoms with Crippen LogP contribution in [0, 0.1) is 5.82 Å². The third kappa shape index (κ3) is 4.20. The highest BCUT2D eigenvalue weighted by molar-refractivity contribution is 6.31. The van der Waals surface area contributed by atoms with E-state index in [1.165, 1.54) is 42.3 Å². The van der Waals surface area contributed by atoms with E-state index in [2.05, 4.69) is 0 Å². The van der Waals surface area contributed by atoms with Crippen LogP contribution < -0.4 is 4.74 Å². The summed E-state index contributed by atoms with van der Waals surface area (Å²) in [4.78, 5) is 27.9. The molecule has 0 saturated carbocycles. The Labute approximate surface area is 195 Å². The van der Waals surface area contributed by atoms with Crippen molar-refractivity contribution in [1.29, 1.82) is 0 Å². The van der Waals surface area contributed by atoms with Gasteiger partial charge in [-0.1, -0.05) is 43.5 Å². The molecule has 0 bridgehead atoms. The van der Waals surface area contributed by atoms with Crippen molar-refractivity contribution in [3.8, 4) is 5.75 Å². The lowest BCUT2D eigenvalue weighted by Gasteiger charge is -2.26. The Morgan fingerprint density at radius 3 is 2.61 bits per heavy atom. The smallest absolute Gasteiger partial charge is 0.290 e. The molecule has 8 heteroatoms. The maximum atomic E-state index is 13.6. The summed E-state index contributed by atoms with van der Waals surface area (Å²) in [5, 5.41) is 11.7. The van der Waals surface area contributed by atoms with E-state index in [4.69, 9.17) is 20.8 Å². The third-order valence-corrected chi connectivity index (χ3v) is 5.95. The highest BCUT2D eigenvalue weighted by Crippen LogP contribution is 2.41. The summed E-state index contributed by atoms with van der Waals surface area (Å²) < 4.78 is 24.6. The van der Waals surface area contributed by atoms with E-state index in [9.17, 15) is 19.1 Å². The van der Waals surface area contributed by atoms with Crippen LogP contribution in [0.5, 0.6) is 5.75 Å². The van der Waals surface area contributed by atoms with Crippen molar-refractivity contribution in [1.82, 2.24) is 4.90 Å². The van der Waals surface area contributed by atoms with Crippen LogP contribution in [0.4, 0.5) is 4.39 Å². The van der Waals surface area contributed by atoms with Gasteiger partial charge in [-0.25, -0.2) is 4.39 Å². The first-order chi connectivity index (χ1) is 15.8. The van der Waals surface area contributed by atoms with Gasteiger partial charge in [0.15, 0.2) is 22.9 Å². The van der Waals surface area contributed by atoms with Gasteiger partial charge in [-0.2, -0.15) is 0 Å². The van der Waals surface area contributed by atoms with Crippen molar-refractivity contribution in [2.24, 2.45) is 0 Å². The number of methoxy groups -OCH3 is 1. The van der Waals surface area contributed by atoms with Crippen molar-refractivity contribution < 1.29 is 28.2 Å².